The zero-order valence-electron chi connectivity index (χ0n) is 38.9. The van der Waals surface area contributed by atoms with Crippen molar-refractivity contribution in [1.29, 1.82) is 0 Å². The molecule has 383 valence electrons. The normalized spacial score (nSPS) is 14.1. The van der Waals surface area contributed by atoms with Crippen LogP contribution < -0.4 is 0 Å². The summed E-state index contributed by atoms with van der Waals surface area (Å²) in [5.41, 5.74) is 0. The SMILES string of the molecule is C=CCO[PH](OCC=C)(OCC=C)[Fe]([PH](OCC=C)(OCC=C)OCC=C)([PH](OCC=C)(OCC=C)OCC=C)([PH](OCC=C)(OCC=C)OCC=C)[PH](OCC=C)(OCC=C)OCC=C. The van der Waals surface area contributed by atoms with E-state index in [1.165, 1.54) is 91.1 Å². The van der Waals surface area contributed by atoms with E-state index < -0.39 is 42.7 Å². The predicted molar refractivity (Wildman–Crippen MR) is 284 cm³/mol. The van der Waals surface area contributed by atoms with Crippen LogP contribution in [0.5, 0.6) is 0 Å². The molecule has 0 atom stereocenters. The molecule has 0 unspecified atom stereocenters. The molecule has 0 heterocycles. The van der Waals surface area contributed by atoms with Crippen LogP contribution in [-0.2, 0) is 77.4 Å². The third-order valence-corrected chi connectivity index (χ3v) is 101. The average Bonchev–Trinajstić information content (AvgIpc) is 3.34. The van der Waals surface area contributed by atoms with Crippen LogP contribution in [0.1, 0.15) is 0 Å². The fraction of sp³-hybridized carbons (Fsp3) is 0.333. The summed E-state index contributed by atoms with van der Waals surface area (Å²) >= 11 is 0. The van der Waals surface area contributed by atoms with Gasteiger partial charge in [0.25, 0.3) is 0 Å². The molecule has 0 saturated carbocycles. The van der Waals surface area contributed by atoms with E-state index in [4.69, 9.17) is 67.9 Å². The Labute approximate surface area is 397 Å². The molecule has 0 amide bonds. The van der Waals surface area contributed by atoms with Gasteiger partial charge in [-0.05, 0) is 0 Å². The number of hydrogen-bond acceptors (Lipinski definition) is 15. The first-order chi connectivity index (χ1) is 32.0. The fourth-order valence-electron chi connectivity index (χ4n) is 5.83. The summed E-state index contributed by atoms with van der Waals surface area (Å²) in [6, 6.07) is 0. The number of rotatable bonds is 50. The average molecular weight is 1070 g/mol. The predicted octanol–water partition coefficient (Wildman–Crippen LogP) is 12.8. The first-order valence-electron chi connectivity index (χ1n) is 20.5. The molecular weight excluding hydrogens is 991 g/mol. The Kier molecular flexibility index (Phi) is 34.3. The molecule has 66 heavy (non-hydrogen) atoms. The van der Waals surface area contributed by atoms with Crippen molar-refractivity contribution < 1.29 is 77.4 Å². The Bertz CT molecular complexity index is 1180. The molecule has 0 rings (SSSR count). The summed E-state index contributed by atoms with van der Waals surface area (Å²) in [5, 5.41) is 0. The summed E-state index contributed by atoms with van der Waals surface area (Å²) in [6.07, 6.45) is 22.1. The Balaban J connectivity index is 12.6. The first-order valence-corrected chi connectivity index (χ1v) is 36.7. The van der Waals surface area contributed by atoms with Crippen molar-refractivity contribution in [3.05, 3.63) is 190 Å². The molecule has 0 saturated heterocycles. The number of hydrogen-bond donors (Lipinski definition) is 0. The zero-order valence-corrected chi connectivity index (χ0v) is 45.0. The van der Waals surface area contributed by atoms with Crippen LogP contribution in [-0.4, -0.2) is 99.1 Å². The molecule has 0 aliphatic heterocycles. The van der Waals surface area contributed by atoms with Gasteiger partial charge in [0, 0.05) is 0 Å². The second-order valence-electron chi connectivity index (χ2n) is 12.2. The molecule has 0 aliphatic rings. The van der Waals surface area contributed by atoms with Crippen LogP contribution >= 0.6 is 33.2 Å². The summed E-state index contributed by atoms with van der Waals surface area (Å²) in [7, 11) is -7.04. The molecule has 0 aromatic rings. The van der Waals surface area contributed by atoms with E-state index in [2.05, 4.69) is 98.7 Å². The molecule has 0 bridgehead atoms. The molecule has 21 heteroatoms. The molecule has 0 aromatic carbocycles. The molecule has 0 aromatic heterocycles. The zero-order chi connectivity index (χ0) is 49.8. The molecule has 15 nitrogen and oxygen atoms in total. The summed E-state index contributed by atoms with van der Waals surface area (Å²) in [4.78, 5) is 0. The van der Waals surface area contributed by atoms with Crippen LogP contribution in [0.2, 0.25) is 0 Å². The summed E-state index contributed by atoms with van der Waals surface area (Å²) in [5.74, 6) is 0. The van der Waals surface area contributed by atoms with Gasteiger partial charge in [0.15, 0.2) is 0 Å². The van der Waals surface area contributed by atoms with E-state index in [0.29, 0.717) is 0 Å². The van der Waals surface area contributed by atoms with Crippen LogP contribution in [0.15, 0.2) is 190 Å². The Morgan fingerprint density at radius 1 is 0.182 bits per heavy atom. The van der Waals surface area contributed by atoms with E-state index in [0.717, 1.165) is 0 Å². The van der Waals surface area contributed by atoms with Crippen LogP contribution in [0.25, 0.3) is 0 Å². The van der Waals surface area contributed by atoms with Gasteiger partial charge in [0.2, 0.25) is 0 Å². The minimum atomic E-state index is -7.04. The third-order valence-electron chi connectivity index (χ3n) is 7.72. The fourth-order valence-corrected chi connectivity index (χ4v) is 119. The standard InChI is InChI=1S/5C9H16O3P.Fe/c5*1-4-7-10-13(11-8-5-2)12-9-6-3;/h5*4-6,13H,1-3,7-9H2;/q5*+1;-5. The third kappa shape index (κ3) is 13.1. The van der Waals surface area contributed by atoms with Crippen LogP contribution in [0.3, 0.4) is 0 Å². The molecule has 0 spiro atoms. The van der Waals surface area contributed by atoms with E-state index >= 15 is 0 Å². The van der Waals surface area contributed by atoms with Gasteiger partial charge in [-0.2, -0.15) is 0 Å². The van der Waals surface area contributed by atoms with E-state index in [-0.39, 0.29) is 99.1 Å². The van der Waals surface area contributed by atoms with E-state index in [9.17, 15) is 0 Å². The van der Waals surface area contributed by atoms with Crippen molar-refractivity contribution in [3.63, 3.8) is 0 Å². The van der Waals surface area contributed by atoms with Gasteiger partial charge in [-0.1, -0.05) is 0 Å². The van der Waals surface area contributed by atoms with Gasteiger partial charge < -0.3 is 0 Å². The first kappa shape index (κ1) is 64.2. The Hall–Kier alpha value is -1.83. The van der Waals surface area contributed by atoms with Gasteiger partial charge in [-0.3, -0.25) is 0 Å². The molecule has 0 fully saturated rings. The van der Waals surface area contributed by atoms with Gasteiger partial charge >= 0.3 is 400 Å². The molecular formula is C45H80FeO15P5. The maximum atomic E-state index is 7.45. The second kappa shape index (κ2) is 35.3. The van der Waals surface area contributed by atoms with Crippen LogP contribution in [0.4, 0.5) is 0 Å². The topological polar surface area (TPSA) is 138 Å². The van der Waals surface area contributed by atoms with Crippen molar-refractivity contribution in [1.82, 2.24) is 0 Å². The van der Waals surface area contributed by atoms with Gasteiger partial charge in [-0.25, -0.2) is 0 Å². The quantitative estimate of drug-likeness (QED) is 0.0324. The summed E-state index contributed by atoms with van der Waals surface area (Å²) < 4.78 is 112. The monoisotopic (exact) mass is 1070 g/mol. The molecule has 0 N–H and O–H groups in total. The van der Waals surface area contributed by atoms with Crippen molar-refractivity contribution in [3.8, 4) is 0 Å². The second-order valence-corrected chi connectivity index (χ2v) is 63.3. The van der Waals surface area contributed by atoms with E-state index in [1.807, 2.05) is 0 Å². The Morgan fingerprint density at radius 2 is 0.258 bits per heavy atom. The van der Waals surface area contributed by atoms with Crippen molar-refractivity contribution in [2.75, 3.05) is 99.1 Å². The van der Waals surface area contributed by atoms with Gasteiger partial charge in [0.05, 0.1) is 0 Å². The maximum absolute atomic E-state index is 7.45. The van der Waals surface area contributed by atoms with Gasteiger partial charge in [0.1, 0.15) is 0 Å². The van der Waals surface area contributed by atoms with Gasteiger partial charge in [-0.15, -0.1) is 0 Å². The summed E-state index contributed by atoms with van der Waals surface area (Å²) in [6.45, 7) is 27.3. The Morgan fingerprint density at radius 3 is 0.318 bits per heavy atom. The minimum absolute atomic E-state index is 0.339. The molecule has 0 aliphatic carbocycles. The van der Waals surface area contributed by atoms with Crippen molar-refractivity contribution >= 4 is 33.2 Å². The molecule has 0 radical (unpaired) electrons. The van der Waals surface area contributed by atoms with E-state index in [1.54, 1.807) is 0 Å². The van der Waals surface area contributed by atoms with Crippen molar-refractivity contribution in [2.24, 2.45) is 0 Å². The van der Waals surface area contributed by atoms with Crippen LogP contribution in [0, 0.1) is 0 Å². The van der Waals surface area contributed by atoms with Crippen molar-refractivity contribution in [2.45, 2.75) is 0 Å².